The van der Waals surface area contributed by atoms with E-state index < -0.39 is 10.0 Å². The van der Waals surface area contributed by atoms with Gasteiger partial charge in [0.25, 0.3) is 15.9 Å². The molecule has 1 fully saturated rings. The SMILES string of the molecule is Cc1cccc(S(=O)(=O)Nc2ccc(C(=O)NCC3CCCN3c3ccccc3)cc2)c1. The summed E-state index contributed by atoms with van der Waals surface area (Å²) in [6.07, 6.45) is 2.14. The maximum absolute atomic E-state index is 12.6. The molecule has 32 heavy (non-hydrogen) atoms. The van der Waals surface area contributed by atoms with Gasteiger partial charge in [-0.1, -0.05) is 30.3 Å². The van der Waals surface area contributed by atoms with Crippen LogP contribution in [0.15, 0.2) is 83.8 Å². The van der Waals surface area contributed by atoms with Crippen LogP contribution in [0.4, 0.5) is 11.4 Å². The predicted octanol–water partition coefficient (Wildman–Crippen LogP) is 4.19. The molecular formula is C25H27N3O3S. The quantitative estimate of drug-likeness (QED) is 0.567. The molecule has 1 unspecified atom stereocenters. The lowest BCUT2D eigenvalue weighted by Gasteiger charge is -2.27. The lowest BCUT2D eigenvalue weighted by molar-refractivity contribution is 0.0951. The van der Waals surface area contributed by atoms with Gasteiger partial charge in [0.1, 0.15) is 0 Å². The topological polar surface area (TPSA) is 78.5 Å². The number of para-hydroxylation sites is 1. The summed E-state index contributed by atoms with van der Waals surface area (Å²) in [4.78, 5) is 15.2. The lowest BCUT2D eigenvalue weighted by atomic mass is 10.1. The molecule has 1 saturated heterocycles. The Morgan fingerprint density at radius 1 is 1.00 bits per heavy atom. The molecule has 0 aliphatic carbocycles. The number of carbonyl (C=O) groups excluding carboxylic acids is 1. The van der Waals surface area contributed by atoms with Crippen molar-refractivity contribution < 1.29 is 13.2 Å². The Kier molecular flexibility index (Phi) is 6.46. The average molecular weight is 450 g/mol. The summed E-state index contributed by atoms with van der Waals surface area (Å²) in [5, 5.41) is 3.02. The lowest BCUT2D eigenvalue weighted by Crippen LogP contribution is -2.40. The van der Waals surface area contributed by atoms with Crippen molar-refractivity contribution >= 4 is 27.3 Å². The number of benzene rings is 3. The van der Waals surface area contributed by atoms with E-state index in [9.17, 15) is 13.2 Å². The van der Waals surface area contributed by atoms with Crippen molar-refractivity contribution in [1.29, 1.82) is 0 Å². The van der Waals surface area contributed by atoms with Crippen molar-refractivity contribution in [3.63, 3.8) is 0 Å². The van der Waals surface area contributed by atoms with Crippen LogP contribution >= 0.6 is 0 Å². The first-order chi connectivity index (χ1) is 15.4. The van der Waals surface area contributed by atoms with Gasteiger partial charge in [-0.15, -0.1) is 0 Å². The molecule has 0 spiro atoms. The molecule has 1 heterocycles. The summed E-state index contributed by atoms with van der Waals surface area (Å²) in [6.45, 7) is 3.40. The highest BCUT2D eigenvalue weighted by atomic mass is 32.2. The third-order valence-corrected chi connectivity index (χ3v) is 7.04. The number of sulfonamides is 1. The molecule has 2 N–H and O–H groups in total. The van der Waals surface area contributed by atoms with Gasteiger partial charge in [0.15, 0.2) is 0 Å². The molecule has 3 aromatic rings. The van der Waals surface area contributed by atoms with Crippen molar-refractivity contribution in [2.45, 2.75) is 30.7 Å². The second kappa shape index (κ2) is 9.44. The minimum Gasteiger partial charge on any atom is -0.367 e. The van der Waals surface area contributed by atoms with Crippen LogP contribution in [0.3, 0.4) is 0 Å². The molecule has 7 heteroatoms. The minimum absolute atomic E-state index is 0.169. The molecule has 166 valence electrons. The normalized spacial score (nSPS) is 16.0. The molecule has 1 amide bonds. The van der Waals surface area contributed by atoms with Crippen LogP contribution in [0.2, 0.25) is 0 Å². The summed E-state index contributed by atoms with van der Waals surface area (Å²) in [6, 6.07) is 23.7. The zero-order valence-electron chi connectivity index (χ0n) is 18.0. The van der Waals surface area contributed by atoms with E-state index in [1.807, 2.05) is 31.2 Å². The molecule has 3 aromatic carbocycles. The van der Waals surface area contributed by atoms with Crippen LogP contribution in [0, 0.1) is 6.92 Å². The van der Waals surface area contributed by atoms with Gasteiger partial charge >= 0.3 is 0 Å². The van der Waals surface area contributed by atoms with E-state index in [1.54, 1.807) is 42.5 Å². The van der Waals surface area contributed by atoms with Crippen molar-refractivity contribution in [2.75, 3.05) is 22.7 Å². The van der Waals surface area contributed by atoms with Crippen LogP contribution in [-0.4, -0.2) is 33.5 Å². The molecule has 0 saturated carbocycles. The second-order valence-corrected chi connectivity index (χ2v) is 9.72. The summed E-state index contributed by atoms with van der Waals surface area (Å²) in [7, 11) is -3.68. The number of carbonyl (C=O) groups is 1. The van der Waals surface area contributed by atoms with E-state index in [2.05, 4.69) is 27.1 Å². The number of rotatable bonds is 7. The Labute approximate surface area is 189 Å². The van der Waals surface area contributed by atoms with E-state index in [4.69, 9.17) is 0 Å². The highest BCUT2D eigenvalue weighted by molar-refractivity contribution is 7.92. The van der Waals surface area contributed by atoms with Gasteiger partial charge in [-0.2, -0.15) is 0 Å². The van der Waals surface area contributed by atoms with Gasteiger partial charge in [0, 0.05) is 36.1 Å². The smallest absolute Gasteiger partial charge is 0.261 e. The van der Waals surface area contributed by atoms with Gasteiger partial charge in [0.05, 0.1) is 4.90 Å². The first-order valence-corrected chi connectivity index (χ1v) is 12.2. The largest absolute Gasteiger partial charge is 0.367 e. The summed E-state index contributed by atoms with van der Waals surface area (Å²) < 4.78 is 27.7. The van der Waals surface area contributed by atoms with E-state index in [1.165, 1.54) is 5.69 Å². The summed E-state index contributed by atoms with van der Waals surface area (Å²) in [5.74, 6) is -0.169. The van der Waals surface area contributed by atoms with Crippen LogP contribution < -0.4 is 14.9 Å². The minimum atomic E-state index is -3.68. The highest BCUT2D eigenvalue weighted by Crippen LogP contribution is 2.25. The zero-order chi connectivity index (χ0) is 22.6. The predicted molar refractivity (Wildman–Crippen MR) is 128 cm³/mol. The van der Waals surface area contributed by atoms with Crippen LogP contribution in [0.25, 0.3) is 0 Å². The molecule has 0 radical (unpaired) electrons. The summed E-state index contributed by atoms with van der Waals surface area (Å²) in [5.41, 5.74) is 2.95. The van der Waals surface area contributed by atoms with E-state index >= 15 is 0 Å². The first kappa shape index (κ1) is 21.9. The van der Waals surface area contributed by atoms with Crippen molar-refractivity contribution in [3.8, 4) is 0 Å². The van der Waals surface area contributed by atoms with E-state index in [0.29, 0.717) is 17.8 Å². The zero-order valence-corrected chi connectivity index (χ0v) is 18.8. The first-order valence-electron chi connectivity index (χ1n) is 10.7. The van der Waals surface area contributed by atoms with Gasteiger partial charge in [0.2, 0.25) is 0 Å². The van der Waals surface area contributed by atoms with Crippen LogP contribution in [-0.2, 0) is 10.0 Å². The van der Waals surface area contributed by atoms with Crippen molar-refractivity contribution in [1.82, 2.24) is 5.32 Å². The maximum atomic E-state index is 12.6. The third-order valence-electron chi connectivity index (χ3n) is 5.66. The fourth-order valence-electron chi connectivity index (χ4n) is 4.01. The monoisotopic (exact) mass is 449 g/mol. The molecule has 1 atom stereocenters. The average Bonchev–Trinajstić information content (AvgIpc) is 3.27. The van der Waals surface area contributed by atoms with E-state index in [0.717, 1.165) is 24.9 Å². The van der Waals surface area contributed by atoms with Gasteiger partial charge < -0.3 is 10.2 Å². The highest BCUT2D eigenvalue weighted by Gasteiger charge is 2.25. The third kappa shape index (κ3) is 5.11. The van der Waals surface area contributed by atoms with Crippen molar-refractivity contribution in [3.05, 3.63) is 90.0 Å². The molecule has 0 aromatic heterocycles. The standard InChI is InChI=1S/C25H27N3O3S/c1-19-7-5-11-24(17-19)32(30,31)27-21-14-12-20(13-15-21)25(29)26-18-23-10-6-16-28(23)22-8-3-2-4-9-22/h2-5,7-9,11-15,17,23,27H,6,10,16,18H2,1H3,(H,26,29). The Hall–Kier alpha value is -3.32. The Balaban J connectivity index is 1.36. The Morgan fingerprint density at radius 2 is 1.75 bits per heavy atom. The number of aryl methyl sites for hydroxylation is 1. The van der Waals surface area contributed by atoms with Crippen LogP contribution in [0.1, 0.15) is 28.8 Å². The second-order valence-electron chi connectivity index (χ2n) is 8.03. The number of hydrogen-bond donors (Lipinski definition) is 2. The number of anilines is 2. The van der Waals surface area contributed by atoms with Crippen LogP contribution in [0.5, 0.6) is 0 Å². The van der Waals surface area contributed by atoms with Gasteiger partial charge in [-0.25, -0.2) is 8.42 Å². The fraction of sp³-hybridized carbons (Fsp3) is 0.240. The number of nitrogens with one attached hydrogen (secondary N) is 2. The Bertz CT molecular complexity index is 1180. The number of amides is 1. The van der Waals surface area contributed by atoms with Gasteiger partial charge in [-0.3, -0.25) is 9.52 Å². The number of hydrogen-bond acceptors (Lipinski definition) is 4. The molecular weight excluding hydrogens is 422 g/mol. The molecule has 4 rings (SSSR count). The molecule has 0 bridgehead atoms. The molecule has 1 aliphatic heterocycles. The maximum Gasteiger partial charge on any atom is 0.261 e. The van der Waals surface area contributed by atoms with E-state index in [-0.39, 0.29) is 16.8 Å². The Morgan fingerprint density at radius 3 is 2.47 bits per heavy atom. The molecule has 1 aliphatic rings. The molecule has 6 nitrogen and oxygen atoms in total. The van der Waals surface area contributed by atoms with Gasteiger partial charge in [-0.05, 0) is 73.9 Å². The van der Waals surface area contributed by atoms with Crippen molar-refractivity contribution in [2.24, 2.45) is 0 Å². The summed E-state index contributed by atoms with van der Waals surface area (Å²) >= 11 is 0. The number of nitrogens with zero attached hydrogens (tertiary/aromatic N) is 1. The fourth-order valence-corrected chi connectivity index (χ4v) is 5.17.